The van der Waals surface area contributed by atoms with Gasteiger partial charge < -0.3 is 5.32 Å². The minimum absolute atomic E-state index is 0.0466. The highest BCUT2D eigenvalue weighted by atomic mass is 19.4. The Labute approximate surface area is 98.5 Å². The molecule has 0 saturated heterocycles. The van der Waals surface area contributed by atoms with E-state index in [0.717, 1.165) is 12.5 Å². The number of nitrogens with zero attached hydrogens (tertiary/aromatic N) is 2. The summed E-state index contributed by atoms with van der Waals surface area (Å²) < 4.78 is 37.8. The van der Waals surface area contributed by atoms with Gasteiger partial charge in [-0.3, -0.25) is 0 Å². The summed E-state index contributed by atoms with van der Waals surface area (Å²) >= 11 is 0. The molecule has 6 heteroatoms. The van der Waals surface area contributed by atoms with Crippen LogP contribution >= 0.6 is 0 Å². The molecule has 0 aliphatic heterocycles. The van der Waals surface area contributed by atoms with Crippen LogP contribution in [0.3, 0.4) is 0 Å². The second-order valence-corrected chi connectivity index (χ2v) is 4.08. The van der Waals surface area contributed by atoms with Crippen LogP contribution in [0, 0.1) is 0 Å². The average Bonchev–Trinajstić information content (AvgIpc) is 2.24. The molecular formula is C11H16F3N3. The fraction of sp³-hybridized carbons (Fsp3) is 0.636. The van der Waals surface area contributed by atoms with E-state index in [1.54, 1.807) is 13.8 Å². The normalized spacial score (nSPS) is 11.9. The zero-order valence-corrected chi connectivity index (χ0v) is 10.1. The fourth-order valence-electron chi connectivity index (χ4n) is 1.22. The highest BCUT2D eigenvalue weighted by molar-refractivity contribution is 5.30. The van der Waals surface area contributed by atoms with E-state index < -0.39 is 11.9 Å². The lowest BCUT2D eigenvalue weighted by Gasteiger charge is -2.12. The van der Waals surface area contributed by atoms with Gasteiger partial charge in [-0.25, -0.2) is 9.97 Å². The molecule has 0 saturated carbocycles. The molecule has 0 radical (unpaired) electrons. The Kier molecular flexibility index (Phi) is 4.31. The first-order valence-electron chi connectivity index (χ1n) is 5.54. The Morgan fingerprint density at radius 2 is 1.94 bits per heavy atom. The smallest absolute Gasteiger partial charge is 0.354 e. The number of anilines is 1. The number of halogens is 3. The van der Waals surface area contributed by atoms with Crippen LogP contribution < -0.4 is 5.32 Å². The highest BCUT2D eigenvalue weighted by Crippen LogP contribution is 2.29. The minimum Gasteiger partial charge on any atom is -0.354 e. The summed E-state index contributed by atoms with van der Waals surface area (Å²) in [4.78, 5) is 7.54. The van der Waals surface area contributed by atoms with Gasteiger partial charge in [0, 0.05) is 12.2 Å². The molecule has 0 bridgehead atoms. The topological polar surface area (TPSA) is 37.8 Å². The van der Waals surface area contributed by atoms with Crippen LogP contribution in [0.15, 0.2) is 6.07 Å². The van der Waals surface area contributed by atoms with Crippen LogP contribution in [-0.2, 0) is 6.18 Å². The maximum Gasteiger partial charge on any atom is 0.433 e. The van der Waals surface area contributed by atoms with Crippen molar-refractivity contribution >= 4 is 5.95 Å². The van der Waals surface area contributed by atoms with E-state index in [1.165, 1.54) is 0 Å². The molecule has 0 aliphatic carbocycles. The van der Waals surface area contributed by atoms with Gasteiger partial charge in [-0.05, 0) is 18.4 Å². The monoisotopic (exact) mass is 247 g/mol. The summed E-state index contributed by atoms with van der Waals surface area (Å²) in [6, 6.07) is 1.00. The predicted molar refractivity (Wildman–Crippen MR) is 59.9 cm³/mol. The molecule has 0 fully saturated rings. The summed E-state index contributed by atoms with van der Waals surface area (Å²) in [5.41, 5.74) is -0.499. The third kappa shape index (κ3) is 3.87. The molecule has 0 amide bonds. The van der Waals surface area contributed by atoms with Crippen molar-refractivity contribution in [2.75, 3.05) is 11.9 Å². The molecular weight excluding hydrogens is 231 g/mol. The summed E-state index contributed by atoms with van der Waals surface area (Å²) in [5, 5.41) is 2.78. The fourth-order valence-corrected chi connectivity index (χ4v) is 1.22. The predicted octanol–water partition coefficient (Wildman–Crippen LogP) is 3.44. The number of nitrogens with one attached hydrogen (secondary N) is 1. The van der Waals surface area contributed by atoms with Gasteiger partial charge in [0.15, 0.2) is 0 Å². The number of rotatable bonds is 4. The second-order valence-electron chi connectivity index (χ2n) is 4.08. The molecule has 17 heavy (non-hydrogen) atoms. The van der Waals surface area contributed by atoms with Gasteiger partial charge in [-0.2, -0.15) is 13.2 Å². The number of hydrogen-bond acceptors (Lipinski definition) is 3. The van der Waals surface area contributed by atoms with E-state index in [4.69, 9.17) is 0 Å². The van der Waals surface area contributed by atoms with Gasteiger partial charge >= 0.3 is 6.18 Å². The molecule has 1 heterocycles. The lowest BCUT2D eigenvalue weighted by atomic mass is 10.1. The first-order valence-corrected chi connectivity index (χ1v) is 5.54. The van der Waals surface area contributed by atoms with Crippen molar-refractivity contribution in [2.24, 2.45) is 0 Å². The van der Waals surface area contributed by atoms with Crippen molar-refractivity contribution < 1.29 is 13.2 Å². The Morgan fingerprint density at radius 3 is 2.41 bits per heavy atom. The third-order valence-electron chi connectivity index (χ3n) is 2.16. The molecule has 1 aromatic rings. The molecule has 1 N–H and O–H groups in total. The quantitative estimate of drug-likeness (QED) is 0.885. The van der Waals surface area contributed by atoms with Gasteiger partial charge in [-0.15, -0.1) is 0 Å². The molecule has 0 aromatic carbocycles. The molecule has 0 aliphatic rings. The Morgan fingerprint density at radius 1 is 1.29 bits per heavy atom. The Balaban J connectivity index is 3.10. The SMILES string of the molecule is CCCNc1nc(C(C)C)cc(C(F)(F)F)n1. The van der Waals surface area contributed by atoms with Crippen molar-refractivity contribution in [3.05, 3.63) is 17.5 Å². The number of alkyl halides is 3. The largest absolute Gasteiger partial charge is 0.433 e. The van der Waals surface area contributed by atoms with E-state index in [2.05, 4.69) is 15.3 Å². The molecule has 0 spiro atoms. The molecule has 96 valence electrons. The molecule has 0 unspecified atom stereocenters. The van der Waals surface area contributed by atoms with E-state index in [1.807, 2.05) is 6.92 Å². The van der Waals surface area contributed by atoms with Crippen LogP contribution in [0.25, 0.3) is 0 Å². The summed E-state index contributed by atoms with van der Waals surface area (Å²) in [6.07, 6.45) is -3.63. The van der Waals surface area contributed by atoms with Crippen LogP contribution in [0.2, 0.25) is 0 Å². The number of hydrogen-bond donors (Lipinski definition) is 1. The maximum atomic E-state index is 12.6. The standard InChI is InChI=1S/C11H16F3N3/c1-4-5-15-10-16-8(7(2)3)6-9(17-10)11(12,13)14/h6-7H,4-5H2,1-3H3,(H,15,16,17). The second kappa shape index (κ2) is 5.33. The Bertz CT molecular complexity index is 375. The van der Waals surface area contributed by atoms with E-state index >= 15 is 0 Å². The molecule has 1 rings (SSSR count). The zero-order chi connectivity index (χ0) is 13.1. The van der Waals surface area contributed by atoms with Crippen molar-refractivity contribution in [3.63, 3.8) is 0 Å². The lowest BCUT2D eigenvalue weighted by molar-refractivity contribution is -0.141. The van der Waals surface area contributed by atoms with Crippen molar-refractivity contribution in [1.29, 1.82) is 0 Å². The molecule has 3 nitrogen and oxygen atoms in total. The number of aromatic nitrogens is 2. The van der Waals surface area contributed by atoms with Gasteiger partial charge in [0.25, 0.3) is 0 Å². The molecule has 0 atom stereocenters. The summed E-state index contributed by atoms with van der Waals surface area (Å²) in [7, 11) is 0. The third-order valence-corrected chi connectivity index (χ3v) is 2.16. The van der Waals surface area contributed by atoms with Crippen molar-refractivity contribution in [2.45, 2.75) is 39.3 Å². The van der Waals surface area contributed by atoms with Gasteiger partial charge in [0.05, 0.1) is 0 Å². The van der Waals surface area contributed by atoms with Crippen molar-refractivity contribution in [1.82, 2.24) is 9.97 Å². The average molecular weight is 247 g/mol. The van der Waals surface area contributed by atoms with Crippen LogP contribution in [0.5, 0.6) is 0 Å². The molecule has 1 aromatic heterocycles. The summed E-state index contributed by atoms with van der Waals surface area (Å²) in [6.45, 7) is 6.07. The van der Waals surface area contributed by atoms with E-state index in [9.17, 15) is 13.2 Å². The lowest BCUT2D eigenvalue weighted by Crippen LogP contribution is -2.14. The van der Waals surface area contributed by atoms with Crippen LogP contribution in [0.4, 0.5) is 19.1 Å². The van der Waals surface area contributed by atoms with E-state index in [0.29, 0.717) is 12.2 Å². The van der Waals surface area contributed by atoms with Crippen LogP contribution in [-0.4, -0.2) is 16.5 Å². The van der Waals surface area contributed by atoms with Gasteiger partial charge in [0.1, 0.15) is 5.69 Å². The van der Waals surface area contributed by atoms with Gasteiger partial charge in [-0.1, -0.05) is 20.8 Å². The minimum atomic E-state index is -4.44. The van der Waals surface area contributed by atoms with E-state index in [-0.39, 0.29) is 11.9 Å². The summed E-state index contributed by atoms with van der Waals surface area (Å²) in [5.74, 6) is -0.0216. The van der Waals surface area contributed by atoms with Crippen molar-refractivity contribution in [3.8, 4) is 0 Å². The zero-order valence-electron chi connectivity index (χ0n) is 10.1. The Hall–Kier alpha value is -1.33. The first-order chi connectivity index (χ1) is 7.84. The highest BCUT2D eigenvalue weighted by Gasteiger charge is 2.33. The van der Waals surface area contributed by atoms with Crippen LogP contribution in [0.1, 0.15) is 44.5 Å². The van der Waals surface area contributed by atoms with Gasteiger partial charge in [0.2, 0.25) is 5.95 Å². The first kappa shape index (κ1) is 13.7. The maximum absolute atomic E-state index is 12.6.